The number of hydrogen-bond donors (Lipinski definition) is 7. The zero-order chi connectivity index (χ0) is 38.6. The van der Waals surface area contributed by atoms with Crippen LogP contribution in [0.25, 0.3) is 0 Å². The van der Waals surface area contributed by atoms with Crippen LogP contribution in [-0.4, -0.2) is 177 Å². The highest BCUT2D eigenvalue weighted by atomic mass is 32.3. The molecule has 3 aliphatic rings. The maximum atomic E-state index is 12.4. The molecule has 0 aliphatic carbocycles. The lowest BCUT2D eigenvalue weighted by Crippen LogP contribution is -2.68. The predicted octanol–water partition coefficient (Wildman–Crippen LogP) is -5.24. The second-order valence-electron chi connectivity index (χ2n) is 11.5. The molecule has 0 aromatic carbocycles. The van der Waals surface area contributed by atoms with E-state index in [0.717, 1.165) is 28.3 Å². The lowest BCUT2D eigenvalue weighted by Gasteiger charge is -2.49. The number of aliphatic hydroxyl groups is 4. The van der Waals surface area contributed by atoms with Crippen LogP contribution >= 0.6 is 0 Å². The molecule has 24 nitrogen and oxygen atoms in total. The Morgan fingerprint density at radius 3 is 1.71 bits per heavy atom. The van der Waals surface area contributed by atoms with Crippen LogP contribution in [0.4, 0.5) is 0 Å². The van der Waals surface area contributed by atoms with E-state index in [4.69, 9.17) is 37.3 Å². The highest BCUT2D eigenvalue weighted by Crippen LogP contribution is 2.37. The number of ether oxygens (including phenoxy) is 7. The Morgan fingerprint density at radius 1 is 0.706 bits per heavy atom. The molecule has 0 radical (unpaired) electrons. The molecule has 300 valence electrons. The van der Waals surface area contributed by atoms with Crippen molar-refractivity contribution in [1.82, 2.24) is 9.44 Å². The van der Waals surface area contributed by atoms with Gasteiger partial charge in [0.1, 0.15) is 54.9 Å². The van der Waals surface area contributed by atoms with Crippen molar-refractivity contribution in [2.45, 2.75) is 107 Å². The molecule has 3 rings (SSSR count). The largest absolute Gasteiger partial charge is 0.433 e. The minimum absolute atomic E-state index is 0.786. The van der Waals surface area contributed by atoms with Gasteiger partial charge in [-0.15, -0.1) is 0 Å². The number of aliphatic hydroxyl groups excluding tert-OH is 4. The number of carbonyl (C=O) groups is 1. The minimum Gasteiger partial charge on any atom is -0.433 e. The zero-order valence-corrected chi connectivity index (χ0v) is 30.4. The van der Waals surface area contributed by atoms with Crippen LogP contribution in [0.2, 0.25) is 0 Å². The lowest BCUT2D eigenvalue weighted by atomic mass is 9.92. The van der Waals surface area contributed by atoms with E-state index >= 15 is 0 Å². The third kappa shape index (κ3) is 11.1. The van der Waals surface area contributed by atoms with E-state index in [1.54, 1.807) is 0 Å². The molecule has 0 spiro atoms. The van der Waals surface area contributed by atoms with E-state index in [1.807, 2.05) is 9.44 Å². The van der Waals surface area contributed by atoms with E-state index in [-0.39, 0.29) is 0 Å². The van der Waals surface area contributed by atoms with Gasteiger partial charge in [0.05, 0.1) is 39.6 Å². The summed E-state index contributed by atoms with van der Waals surface area (Å²) in [6.45, 7) is 1.89. The molecule has 0 saturated carbocycles. The number of carbonyl (C=O) groups excluding carboxylic acids is 1. The van der Waals surface area contributed by atoms with Crippen molar-refractivity contribution in [3.8, 4) is 0 Å². The first-order chi connectivity index (χ1) is 23.6. The predicted molar refractivity (Wildman–Crippen MR) is 161 cm³/mol. The van der Waals surface area contributed by atoms with Gasteiger partial charge in [0.2, 0.25) is 6.29 Å². The number of hydrogen-bond acceptors (Lipinski definition) is 21. The van der Waals surface area contributed by atoms with E-state index in [1.165, 1.54) is 13.8 Å². The van der Waals surface area contributed by atoms with Crippen LogP contribution in [-0.2, 0) is 81.5 Å². The molecular weight excluding hydrogens is 764 g/mol. The summed E-state index contributed by atoms with van der Waals surface area (Å²) in [7, 11) is -11.6. The molecule has 7 N–H and O–H groups in total. The van der Waals surface area contributed by atoms with Crippen molar-refractivity contribution in [3.05, 3.63) is 0 Å². The third-order valence-electron chi connectivity index (χ3n) is 8.21. The molecule has 0 aromatic rings. The fraction of sp³-hybridized carbons (Fsp3) is 0.958. The monoisotopic (exact) mass is 808 g/mol. The molecule has 3 fully saturated rings. The van der Waals surface area contributed by atoms with Crippen molar-refractivity contribution in [3.63, 3.8) is 0 Å². The fourth-order valence-corrected chi connectivity index (χ4v) is 7.75. The van der Waals surface area contributed by atoms with Crippen LogP contribution in [0, 0.1) is 5.92 Å². The van der Waals surface area contributed by atoms with Crippen LogP contribution in [0.15, 0.2) is 0 Å². The normalized spacial score (nSPS) is 39.8. The molecule has 3 aliphatic heterocycles. The highest BCUT2D eigenvalue weighted by molar-refractivity contribution is 7.85. The fourth-order valence-electron chi connectivity index (χ4n) is 5.76. The summed E-state index contributed by atoms with van der Waals surface area (Å²) < 4.78 is 140. The summed E-state index contributed by atoms with van der Waals surface area (Å²) >= 11 is 0. The second-order valence-corrected chi connectivity index (χ2v) is 15.5. The molecule has 13 unspecified atom stereocenters. The van der Waals surface area contributed by atoms with Gasteiger partial charge in [-0.25, -0.2) is 4.18 Å². The van der Waals surface area contributed by atoms with Crippen LogP contribution in [0.5, 0.6) is 0 Å². The average molecular weight is 809 g/mol. The van der Waals surface area contributed by atoms with Crippen molar-refractivity contribution in [1.29, 1.82) is 0 Å². The van der Waals surface area contributed by atoms with E-state index in [0.29, 0.717) is 0 Å². The molecule has 0 aromatic heterocycles. The topological polar surface area (TPSA) is 337 Å². The molecule has 51 heavy (non-hydrogen) atoms. The highest BCUT2D eigenvalue weighted by Gasteiger charge is 2.56. The van der Waals surface area contributed by atoms with Gasteiger partial charge in [-0.1, -0.05) is 6.92 Å². The lowest BCUT2D eigenvalue weighted by molar-refractivity contribution is -0.378. The average Bonchev–Trinajstić information content (AvgIpc) is 3.04. The summed E-state index contributed by atoms with van der Waals surface area (Å²) in [5.74, 6) is -2.46. The first kappa shape index (κ1) is 44.1. The Morgan fingerprint density at radius 2 is 1.22 bits per heavy atom. The van der Waals surface area contributed by atoms with E-state index in [9.17, 15) is 55.0 Å². The summed E-state index contributed by atoms with van der Waals surface area (Å²) in [6.07, 6.45) is -20.2. The van der Waals surface area contributed by atoms with Crippen molar-refractivity contribution in [2.75, 3.05) is 34.5 Å². The van der Waals surface area contributed by atoms with E-state index in [2.05, 4.69) is 8.37 Å². The molecule has 3 saturated heterocycles. The number of esters is 1. The third-order valence-corrected chi connectivity index (χ3v) is 10.7. The Balaban J connectivity index is 2.04. The van der Waals surface area contributed by atoms with Crippen molar-refractivity contribution in [2.24, 2.45) is 5.92 Å². The SMILES string of the molecule is COC1C(CO)OC(OC2C(C)C(OS(=O)(=O)O)[C@H](OC3C(CO)OC(C)C(NS(=O)(=O)OC)C3O)O[C@H]2OC(C)=O)C(NS(=O)(=O)OC)C1O. The van der Waals surface area contributed by atoms with E-state index < -0.39 is 142 Å². The van der Waals surface area contributed by atoms with Gasteiger partial charge >= 0.3 is 37.0 Å². The summed E-state index contributed by atoms with van der Waals surface area (Å²) in [4.78, 5) is 12.2. The van der Waals surface area contributed by atoms with Gasteiger partial charge in [-0.2, -0.15) is 34.7 Å². The molecule has 0 bridgehead atoms. The van der Waals surface area contributed by atoms with Gasteiger partial charge in [0.25, 0.3) is 0 Å². The smallest absolute Gasteiger partial charge is 0.397 e. The Bertz CT molecular complexity index is 1480. The molecule has 27 heteroatoms. The first-order valence-corrected chi connectivity index (χ1v) is 19.2. The number of nitrogens with one attached hydrogen (secondary N) is 2. The van der Waals surface area contributed by atoms with Crippen molar-refractivity contribution < 1.29 is 101 Å². The molecule has 0 amide bonds. The second kappa shape index (κ2) is 17.9. The number of rotatable bonds is 16. The standard InChI is InChI=1S/C24H44N2O22S3/c1-9-18(45-22-15(26-50(34,35)41-6)17(31)20(39-4)12(7-27)44-22)23(43-11(3)29)47-24(19(9)48-51(36,37)38)46-21-13(8-28)42-10(2)14(16(21)30)25-49(32,33)40-5/h9-10,12-28,30-31H,7-8H2,1-6H3,(H,36,37,38)/t9?,10?,12?,13?,14?,15?,16?,17?,18?,19?,20?,21?,22?,23-,24-/m1/s1. The molecular formula is C24H44N2O22S3. The Hall–Kier alpha value is -1.32. The summed E-state index contributed by atoms with van der Waals surface area (Å²) in [6, 6.07) is -3.25. The first-order valence-electron chi connectivity index (χ1n) is 15.0. The van der Waals surface area contributed by atoms with Gasteiger partial charge < -0.3 is 53.6 Å². The van der Waals surface area contributed by atoms with Crippen LogP contribution in [0.3, 0.4) is 0 Å². The Kier molecular flexibility index (Phi) is 15.5. The van der Waals surface area contributed by atoms with Gasteiger partial charge in [-0.3, -0.25) is 17.7 Å². The van der Waals surface area contributed by atoms with Crippen LogP contribution in [0.1, 0.15) is 20.8 Å². The minimum atomic E-state index is -5.38. The summed E-state index contributed by atoms with van der Waals surface area (Å²) in [5, 5.41) is 42.2. The Labute approximate surface area is 293 Å². The quantitative estimate of drug-likeness (QED) is 0.0566. The molecule has 3 heterocycles. The van der Waals surface area contributed by atoms with Crippen molar-refractivity contribution >= 4 is 37.0 Å². The van der Waals surface area contributed by atoms with Gasteiger partial charge in [0.15, 0.2) is 12.6 Å². The molecule has 15 atom stereocenters. The van der Waals surface area contributed by atoms with Crippen LogP contribution < -0.4 is 9.44 Å². The number of methoxy groups -OCH3 is 1. The maximum absolute atomic E-state index is 12.4. The zero-order valence-electron chi connectivity index (χ0n) is 28.0. The summed E-state index contributed by atoms with van der Waals surface area (Å²) in [5.41, 5.74) is 0. The maximum Gasteiger partial charge on any atom is 0.397 e. The van der Waals surface area contributed by atoms with Gasteiger partial charge in [-0.05, 0) is 6.92 Å². The van der Waals surface area contributed by atoms with Gasteiger partial charge in [0, 0.05) is 20.0 Å².